The number of carbonyl (C=O) groups excluding carboxylic acids is 2. The number of urea groups is 1. The maximum atomic E-state index is 12.3. The first-order valence-electron chi connectivity index (χ1n) is 7.29. The molecule has 0 aromatic heterocycles. The van der Waals surface area contributed by atoms with Crippen molar-refractivity contribution in [3.63, 3.8) is 0 Å². The van der Waals surface area contributed by atoms with Gasteiger partial charge in [0.15, 0.2) is 0 Å². The molecule has 7 nitrogen and oxygen atoms in total. The Labute approximate surface area is 138 Å². The Bertz CT molecular complexity index is 608. The van der Waals surface area contributed by atoms with Crippen molar-refractivity contribution in [1.29, 1.82) is 0 Å². The highest BCUT2D eigenvalue weighted by molar-refractivity contribution is 6.31. The van der Waals surface area contributed by atoms with E-state index >= 15 is 0 Å². The molecular formula is C15H18ClN3O4. The van der Waals surface area contributed by atoms with Crippen LogP contribution in [0.1, 0.15) is 24.4 Å². The van der Waals surface area contributed by atoms with Crippen molar-refractivity contribution < 1.29 is 19.5 Å². The molecule has 8 heteroatoms. The average Bonchev–Trinajstić information content (AvgIpc) is 2.52. The van der Waals surface area contributed by atoms with Crippen molar-refractivity contribution in [1.82, 2.24) is 15.5 Å². The number of aliphatic carboxylic acids is 1. The minimum Gasteiger partial charge on any atom is -0.481 e. The van der Waals surface area contributed by atoms with Crippen LogP contribution in [-0.4, -0.2) is 47.5 Å². The zero-order valence-electron chi connectivity index (χ0n) is 12.4. The van der Waals surface area contributed by atoms with Crippen LogP contribution in [0, 0.1) is 0 Å². The minimum atomic E-state index is -0.912. The highest BCUT2D eigenvalue weighted by atomic mass is 35.5. The fraction of sp³-hybridized carbons (Fsp3) is 0.400. The van der Waals surface area contributed by atoms with Gasteiger partial charge in [-0.25, -0.2) is 4.79 Å². The number of halogens is 1. The highest BCUT2D eigenvalue weighted by Gasteiger charge is 2.35. The number of benzene rings is 1. The summed E-state index contributed by atoms with van der Waals surface area (Å²) < 4.78 is 0. The number of nitrogens with one attached hydrogen (secondary N) is 2. The summed E-state index contributed by atoms with van der Waals surface area (Å²) in [5.41, 5.74) is 0.562. The number of hydrogen-bond acceptors (Lipinski definition) is 3. The maximum absolute atomic E-state index is 12.3. The summed E-state index contributed by atoms with van der Waals surface area (Å²) in [6.45, 7) is 0.952. The quantitative estimate of drug-likeness (QED) is 0.706. The predicted octanol–water partition coefficient (Wildman–Crippen LogP) is 1.39. The van der Waals surface area contributed by atoms with Crippen LogP contribution in [0.4, 0.5) is 4.79 Å². The summed E-state index contributed by atoms with van der Waals surface area (Å²) >= 11 is 6.15. The Hall–Kier alpha value is -2.28. The van der Waals surface area contributed by atoms with Crippen LogP contribution in [0.15, 0.2) is 24.3 Å². The molecule has 1 heterocycles. The molecule has 0 radical (unpaired) electrons. The number of piperazine rings is 1. The Balaban J connectivity index is 2.08. The van der Waals surface area contributed by atoms with Gasteiger partial charge in [-0.15, -0.1) is 0 Å². The second-order valence-corrected chi connectivity index (χ2v) is 5.54. The summed E-state index contributed by atoms with van der Waals surface area (Å²) in [6.07, 6.45) is 0.312. The van der Waals surface area contributed by atoms with E-state index in [2.05, 4.69) is 10.6 Å². The van der Waals surface area contributed by atoms with Crippen molar-refractivity contribution >= 4 is 29.5 Å². The summed E-state index contributed by atoms with van der Waals surface area (Å²) in [7, 11) is 0. The van der Waals surface area contributed by atoms with Gasteiger partial charge in [0.25, 0.3) is 0 Å². The Morgan fingerprint density at radius 1 is 1.39 bits per heavy atom. The lowest BCUT2D eigenvalue weighted by atomic mass is 10.0. The van der Waals surface area contributed by atoms with Crippen LogP contribution in [-0.2, 0) is 9.59 Å². The van der Waals surface area contributed by atoms with Gasteiger partial charge in [-0.3, -0.25) is 9.59 Å². The maximum Gasteiger partial charge on any atom is 0.318 e. The first kappa shape index (κ1) is 17.1. The van der Waals surface area contributed by atoms with E-state index in [9.17, 15) is 14.4 Å². The van der Waals surface area contributed by atoms with Crippen LogP contribution in [0.5, 0.6) is 0 Å². The van der Waals surface area contributed by atoms with Crippen molar-refractivity contribution in [2.24, 2.45) is 0 Å². The molecule has 1 aromatic carbocycles. The van der Waals surface area contributed by atoms with E-state index in [4.69, 9.17) is 16.7 Å². The zero-order chi connectivity index (χ0) is 16.8. The van der Waals surface area contributed by atoms with E-state index in [1.807, 2.05) is 0 Å². The predicted molar refractivity (Wildman–Crippen MR) is 84.2 cm³/mol. The smallest absolute Gasteiger partial charge is 0.318 e. The molecule has 124 valence electrons. The van der Waals surface area contributed by atoms with Crippen LogP contribution in [0.25, 0.3) is 0 Å². The third kappa shape index (κ3) is 4.35. The molecule has 2 rings (SSSR count). The van der Waals surface area contributed by atoms with Crippen LogP contribution in [0.3, 0.4) is 0 Å². The van der Waals surface area contributed by atoms with Gasteiger partial charge in [-0.05, 0) is 12.5 Å². The molecule has 1 atom stereocenters. The Kier molecular flexibility index (Phi) is 5.81. The second-order valence-electron chi connectivity index (χ2n) is 5.14. The minimum absolute atomic E-state index is 0.0191. The standard InChI is InChI=1S/C15H18ClN3O4/c16-11-5-2-1-4-10(11)13-14(22)17-8-9-19(13)15(23)18-7-3-6-12(20)21/h1-2,4-5,13H,3,6-9H2,(H,17,22)(H,18,23)(H,20,21). The molecular weight excluding hydrogens is 322 g/mol. The molecule has 1 fully saturated rings. The van der Waals surface area contributed by atoms with Gasteiger partial charge in [0.1, 0.15) is 6.04 Å². The number of carbonyl (C=O) groups is 3. The normalized spacial score (nSPS) is 17.5. The number of rotatable bonds is 5. The molecule has 0 saturated carbocycles. The number of carboxylic acid groups (broad SMARTS) is 1. The van der Waals surface area contributed by atoms with E-state index in [-0.39, 0.29) is 18.9 Å². The Morgan fingerprint density at radius 3 is 2.83 bits per heavy atom. The molecule has 1 aliphatic rings. The molecule has 0 bridgehead atoms. The molecule has 0 aliphatic carbocycles. The lowest BCUT2D eigenvalue weighted by molar-refractivity contribution is -0.137. The summed E-state index contributed by atoms with van der Waals surface area (Å²) in [4.78, 5) is 36.4. The number of carboxylic acids is 1. The molecule has 1 unspecified atom stereocenters. The number of hydrogen-bond donors (Lipinski definition) is 3. The average molecular weight is 340 g/mol. The monoisotopic (exact) mass is 339 g/mol. The third-order valence-electron chi connectivity index (χ3n) is 3.52. The second kappa shape index (κ2) is 7.82. The zero-order valence-corrected chi connectivity index (χ0v) is 13.2. The van der Waals surface area contributed by atoms with Gasteiger partial charge in [0.05, 0.1) is 0 Å². The number of amides is 3. The van der Waals surface area contributed by atoms with Gasteiger partial charge in [-0.1, -0.05) is 29.8 Å². The fourth-order valence-corrected chi connectivity index (χ4v) is 2.67. The molecule has 1 saturated heterocycles. The van der Waals surface area contributed by atoms with E-state index in [0.717, 1.165) is 0 Å². The largest absolute Gasteiger partial charge is 0.481 e. The van der Waals surface area contributed by atoms with Crippen molar-refractivity contribution in [3.8, 4) is 0 Å². The van der Waals surface area contributed by atoms with Crippen LogP contribution >= 0.6 is 11.6 Å². The van der Waals surface area contributed by atoms with Crippen LogP contribution in [0.2, 0.25) is 5.02 Å². The van der Waals surface area contributed by atoms with E-state index < -0.39 is 18.0 Å². The van der Waals surface area contributed by atoms with Gasteiger partial charge >= 0.3 is 12.0 Å². The summed E-state index contributed by atoms with van der Waals surface area (Å²) in [5, 5.41) is 14.4. The highest BCUT2D eigenvalue weighted by Crippen LogP contribution is 2.29. The fourth-order valence-electron chi connectivity index (χ4n) is 2.43. The molecule has 3 N–H and O–H groups in total. The number of nitrogens with zero attached hydrogens (tertiary/aromatic N) is 1. The molecule has 0 spiro atoms. The van der Waals surface area contributed by atoms with E-state index in [1.165, 1.54) is 4.90 Å². The summed E-state index contributed by atoms with van der Waals surface area (Å²) in [6, 6.07) is 5.69. The van der Waals surface area contributed by atoms with Crippen molar-refractivity contribution in [3.05, 3.63) is 34.9 Å². The summed E-state index contributed by atoms with van der Waals surface area (Å²) in [5.74, 6) is -1.20. The van der Waals surface area contributed by atoms with E-state index in [1.54, 1.807) is 24.3 Å². The molecule has 23 heavy (non-hydrogen) atoms. The van der Waals surface area contributed by atoms with Gasteiger partial charge < -0.3 is 20.6 Å². The molecule has 1 aromatic rings. The molecule has 1 aliphatic heterocycles. The lowest BCUT2D eigenvalue weighted by Crippen LogP contribution is -2.55. The van der Waals surface area contributed by atoms with Crippen molar-refractivity contribution in [2.75, 3.05) is 19.6 Å². The first-order chi connectivity index (χ1) is 11.0. The SMILES string of the molecule is O=C(O)CCCNC(=O)N1CCNC(=O)C1c1ccccc1Cl. The van der Waals surface area contributed by atoms with Gasteiger partial charge in [0, 0.05) is 36.6 Å². The van der Waals surface area contributed by atoms with E-state index in [0.29, 0.717) is 30.1 Å². The van der Waals surface area contributed by atoms with Gasteiger partial charge in [0.2, 0.25) is 5.91 Å². The van der Waals surface area contributed by atoms with Crippen LogP contribution < -0.4 is 10.6 Å². The third-order valence-corrected chi connectivity index (χ3v) is 3.86. The first-order valence-corrected chi connectivity index (χ1v) is 7.67. The van der Waals surface area contributed by atoms with Gasteiger partial charge in [-0.2, -0.15) is 0 Å². The van der Waals surface area contributed by atoms with Crippen molar-refractivity contribution in [2.45, 2.75) is 18.9 Å². The Morgan fingerprint density at radius 2 is 2.13 bits per heavy atom. The lowest BCUT2D eigenvalue weighted by Gasteiger charge is -2.35. The topological polar surface area (TPSA) is 98.7 Å². The molecule has 3 amide bonds.